The van der Waals surface area contributed by atoms with E-state index in [-0.39, 0.29) is 12.5 Å². The average Bonchev–Trinajstić information content (AvgIpc) is 3.47. The molecular formula is C25H31N5O4. The van der Waals surface area contributed by atoms with Gasteiger partial charge in [0.2, 0.25) is 5.91 Å². The summed E-state index contributed by atoms with van der Waals surface area (Å²) in [6.45, 7) is 6.70. The van der Waals surface area contributed by atoms with Crippen molar-refractivity contribution in [3.8, 4) is 11.5 Å². The highest BCUT2D eigenvalue weighted by molar-refractivity contribution is 5.76. The predicted molar refractivity (Wildman–Crippen MR) is 125 cm³/mol. The van der Waals surface area contributed by atoms with Crippen molar-refractivity contribution < 1.29 is 19.0 Å². The molecule has 1 fully saturated rings. The fourth-order valence-corrected chi connectivity index (χ4v) is 3.96. The zero-order chi connectivity index (χ0) is 23.9. The van der Waals surface area contributed by atoms with Crippen molar-refractivity contribution in [2.75, 3.05) is 26.9 Å². The highest BCUT2D eigenvalue weighted by atomic mass is 16.5. The molecule has 9 nitrogen and oxygen atoms in total. The fraction of sp³-hybridized carbons (Fsp3) is 0.440. The zero-order valence-corrected chi connectivity index (χ0v) is 19.9. The van der Waals surface area contributed by atoms with Crippen LogP contribution in [0.2, 0.25) is 0 Å². The molecule has 34 heavy (non-hydrogen) atoms. The Labute approximate surface area is 199 Å². The maximum Gasteiger partial charge on any atom is 0.244 e. The van der Waals surface area contributed by atoms with Crippen LogP contribution < -0.4 is 9.47 Å². The van der Waals surface area contributed by atoms with Gasteiger partial charge in [0.1, 0.15) is 18.2 Å². The highest BCUT2D eigenvalue weighted by Gasteiger charge is 2.20. The van der Waals surface area contributed by atoms with Crippen LogP contribution in [0.1, 0.15) is 29.2 Å². The van der Waals surface area contributed by atoms with E-state index in [4.69, 9.17) is 14.2 Å². The molecule has 0 radical (unpaired) electrons. The van der Waals surface area contributed by atoms with Crippen molar-refractivity contribution in [2.24, 2.45) is 5.92 Å². The number of hydrogen-bond donors (Lipinski definition) is 0. The minimum Gasteiger partial charge on any atom is -0.493 e. The first-order valence-electron chi connectivity index (χ1n) is 11.4. The number of ether oxygens (including phenoxy) is 3. The lowest BCUT2D eigenvalue weighted by Crippen LogP contribution is -2.33. The summed E-state index contributed by atoms with van der Waals surface area (Å²) in [6.07, 6.45) is 4.49. The van der Waals surface area contributed by atoms with E-state index in [9.17, 15) is 4.79 Å². The Bertz CT molecular complexity index is 1100. The number of nitrogens with zero attached hydrogens (tertiary/aromatic N) is 5. The fourth-order valence-electron chi connectivity index (χ4n) is 3.96. The number of benzene rings is 1. The molecule has 0 N–H and O–H groups in total. The van der Waals surface area contributed by atoms with Crippen molar-refractivity contribution in [1.29, 1.82) is 0 Å². The standard InChI is InChI=1S/C25H31N5O4/c1-18-27-19(2)30(28-18)15-25(31)29(14-21-5-4-9-26-12-21)13-20-6-7-23(32-3)24(11-20)34-17-22-8-10-33-16-22/h4-7,9,11-12,22H,8,10,13-17H2,1-3H3. The second kappa shape index (κ2) is 11.1. The number of carbonyl (C=O) groups is 1. The maximum atomic E-state index is 13.3. The van der Waals surface area contributed by atoms with E-state index in [1.807, 2.05) is 44.2 Å². The van der Waals surface area contributed by atoms with E-state index in [2.05, 4.69) is 15.1 Å². The maximum absolute atomic E-state index is 13.3. The molecule has 4 rings (SSSR count). The molecule has 0 saturated carbocycles. The number of amides is 1. The van der Waals surface area contributed by atoms with E-state index < -0.39 is 0 Å². The quantitative estimate of drug-likeness (QED) is 0.455. The van der Waals surface area contributed by atoms with Gasteiger partial charge in [-0.2, -0.15) is 5.10 Å². The molecule has 0 spiro atoms. The molecule has 180 valence electrons. The summed E-state index contributed by atoms with van der Waals surface area (Å²) in [7, 11) is 1.63. The zero-order valence-electron chi connectivity index (χ0n) is 19.9. The molecule has 9 heteroatoms. The van der Waals surface area contributed by atoms with E-state index in [0.29, 0.717) is 48.8 Å². The molecule has 0 bridgehead atoms. The Morgan fingerprint density at radius 3 is 2.74 bits per heavy atom. The number of aromatic nitrogens is 4. The lowest BCUT2D eigenvalue weighted by Gasteiger charge is -2.24. The summed E-state index contributed by atoms with van der Waals surface area (Å²) in [5.41, 5.74) is 1.90. The van der Waals surface area contributed by atoms with Crippen LogP contribution in [0.3, 0.4) is 0 Å². The predicted octanol–water partition coefficient (Wildman–Crippen LogP) is 2.94. The van der Waals surface area contributed by atoms with Gasteiger partial charge in [-0.1, -0.05) is 12.1 Å². The van der Waals surface area contributed by atoms with Crippen LogP contribution in [-0.4, -0.2) is 57.5 Å². The molecule has 2 aromatic heterocycles. The third-order valence-corrected chi connectivity index (χ3v) is 5.80. The molecule has 1 aliphatic rings. The van der Waals surface area contributed by atoms with Crippen LogP contribution in [-0.2, 0) is 29.2 Å². The third kappa shape index (κ3) is 6.11. The first-order chi connectivity index (χ1) is 16.5. The Morgan fingerprint density at radius 1 is 1.21 bits per heavy atom. The summed E-state index contributed by atoms with van der Waals surface area (Å²) in [6, 6.07) is 9.62. The topological polar surface area (TPSA) is 91.6 Å². The van der Waals surface area contributed by atoms with Crippen LogP contribution >= 0.6 is 0 Å². The van der Waals surface area contributed by atoms with Crippen LogP contribution in [0.4, 0.5) is 0 Å². The molecule has 0 aliphatic carbocycles. The van der Waals surface area contributed by atoms with Crippen LogP contribution in [0.5, 0.6) is 11.5 Å². The van der Waals surface area contributed by atoms with Crippen molar-refractivity contribution in [2.45, 2.75) is 39.9 Å². The monoisotopic (exact) mass is 465 g/mol. The lowest BCUT2D eigenvalue weighted by atomic mass is 10.1. The second-order valence-corrected chi connectivity index (χ2v) is 8.50. The number of aryl methyl sites for hydroxylation is 2. The Kier molecular flexibility index (Phi) is 7.74. The van der Waals surface area contributed by atoms with Crippen molar-refractivity contribution >= 4 is 5.91 Å². The normalized spacial score (nSPS) is 15.3. The SMILES string of the molecule is COc1ccc(CN(Cc2cccnc2)C(=O)Cn2nc(C)nc2C)cc1OCC1CCOC1. The van der Waals surface area contributed by atoms with Gasteiger partial charge in [-0.25, -0.2) is 9.67 Å². The largest absolute Gasteiger partial charge is 0.493 e. The van der Waals surface area contributed by atoms with E-state index in [1.165, 1.54) is 0 Å². The summed E-state index contributed by atoms with van der Waals surface area (Å²) in [5, 5.41) is 4.34. The van der Waals surface area contributed by atoms with Gasteiger partial charge < -0.3 is 19.1 Å². The molecule has 1 aliphatic heterocycles. The van der Waals surface area contributed by atoms with E-state index in [0.717, 1.165) is 30.8 Å². The van der Waals surface area contributed by atoms with Crippen molar-refractivity contribution in [1.82, 2.24) is 24.6 Å². The van der Waals surface area contributed by atoms with Gasteiger partial charge in [0.25, 0.3) is 0 Å². The van der Waals surface area contributed by atoms with E-state index in [1.54, 1.807) is 29.1 Å². The van der Waals surface area contributed by atoms with Gasteiger partial charge in [-0.05, 0) is 49.6 Å². The average molecular weight is 466 g/mol. The molecule has 1 aromatic carbocycles. The van der Waals surface area contributed by atoms with Crippen LogP contribution in [0.25, 0.3) is 0 Å². The van der Waals surface area contributed by atoms with Crippen molar-refractivity contribution in [3.63, 3.8) is 0 Å². The van der Waals surface area contributed by atoms with E-state index >= 15 is 0 Å². The van der Waals surface area contributed by atoms with Crippen molar-refractivity contribution in [3.05, 3.63) is 65.5 Å². The molecule has 3 aromatic rings. The van der Waals surface area contributed by atoms with Gasteiger partial charge in [-0.15, -0.1) is 0 Å². The molecule has 1 saturated heterocycles. The molecular weight excluding hydrogens is 434 g/mol. The number of rotatable bonds is 10. The third-order valence-electron chi connectivity index (χ3n) is 5.80. The molecule has 1 atom stereocenters. The highest BCUT2D eigenvalue weighted by Crippen LogP contribution is 2.30. The summed E-state index contributed by atoms with van der Waals surface area (Å²) < 4.78 is 18.7. The number of hydrogen-bond acceptors (Lipinski definition) is 7. The lowest BCUT2D eigenvalue weighted by molar-refractivity contribution is -0.133. The number of methoxy groups -OCH3 is 1. The Balaban J connectivity index is 1.52. The number of carbonyl (C=O) groups excluding carboxylic acids is 1. The van der Waals surface area contributed by atoms with Gasteiger partial charge in [-0.3, -0.25) is 9.78 Å². The molecule has 1 unspecified atom stereocenters. The van der Waals surface area contributed by atoms with Gasteiger partial charge in [0.05, 0.1) is 20.3 Å². The summed E-state index contributed by atoms with van der Waals surface area (Å²) >= 11 is 0. The Hall–Kier alpha value is -3.46. The Morgan fingerprint density at radius 2 is 2.06 bits per heavy atom. The molecule has 3 heterocycles. The van der Waals surface area contributed by atoms with Crippen LogP contribution in [0, 0.1) is 19.8 Å². The first kappa shape index (κ1) is 23.7. The minimum absolute atomic E-state index is 0.0572. The summed E-state index contributed by atoms with van der Waals surface area (Å²) in [4.78, 5) is 23.6. The first-order valence-corrected chi connectivity index (χ1v) is 11.4. The minimum atomic E-state index is -0.0572. The smallest absolute Gasteiger partial charge is 0.244 e. The van der Waals surface area contributed by atoms with Gasteiger partial charge >= 0.3 is 0 Å². The second-order valence-electron chi connectivity index (χ2n) is 8.50. The van der Waals surface area contributed by atoms with Gasteiger partial charge in [0, 0.05) is 38.0 Å². The summed E-state index contributed by atoms with van der Waals surface area (Å²) in [5.74, 6) is 3.02. The number of pyridine rings is 1. The molecule has 1 amide bonds. The van der Waals surface area contributed by atoms with Gasteiger partial charge in [0.15, 0.2) is 11.5 Å². The van der Waals surface area contributed by atoms with Crippen LogP contribution in [0.15, 0.2) is 42.7 Å².